The Morgan fingerprint density at radius 3 is 2.44 bits per heavy atom. The average molecular weight is 210 g/mol. The van der Waals surface area contributed by atoms with Gasteiger partial charge in [0.15, 0.2) is 0 Å². The van der Waals surface area contributed by atoms with E-state index in [1.165, 1.54) is 0 Å². The van der Waals surface area contributed by atoms with Crippen molar-refractivity contribution in [1.82, 2.24) is 0 Å². The number of aliphatic hydroxyl groups is 1. The molecular formula is C15H14O. The number of rotatable bonds is 1. The molecule has 0 heterocycles. The van der Waals surface area contributed by atoms with Gasteiger partial charge < -0.3 is 5.11 Å². The molecule has 1 heteroatoms. The standard InChI is InChI=1S/C15H14O/c16-12-15-10-8-14(9-11-15)7-6-13-4-2-1-3-5-13/h1-5,8,10,16H,9,11-12H2. The summed E-state index contributed by atoms with van der Waals surface area (Å²) < 4.78 is 0. The van der Waals surface area contributed by atoms with Gasteiger partial charge in [0.1, 0.15) is 0 Å². The maximum atomic E-state index is 8.95. The lowest BCUT2D eigenvalue weighted by molar-refractivity contribution is 0.326. The quantitative estimate of drug-likeness (QED) is 0.706. The molecule has 1 aromatic rings. The first-order valence-electron chi connectivity index (χ1n) is 5.45. The van der Waals surface area contributed by atoms with Gasteiger partial charge in [-0.2, -0.15) is 0 Å². The molecule has 1 N–H and O–H groups in total. The van der Waals surface area contributed by atoms with Crippen LogP contribution in [0.2, 0.25) is 0 Å². The first-order chi connectivity index (χ1) is 7.88. The van der Waals surface area contributed by atoms with Crippen LogP contribution in [0.15, 0.2) is 53.6 Å². The van der Waals surface area contributed by atoms with E-state index in [4.69, 9.17) is 5.11 Å². The lowest BCUT2D eigenvalue weighted by Gasteiger charge is -2.07. The first-order valence-corrected chi connectivity index (χ1v) is 5.45. The van der Waals surface area contributed by atoms with E-state index in [1.54, 1.807) is 0 Å². The Morgan fingerprint density at radius 2 is 1.81 bits per heavy atom. The SMILES string of the molecule is OCC1=CC=C(C#Cc2ccccc2)CC1. The van der Waals surface area contributed by atoms with Crippen LogP contribution in [0, 0.1) is 11.8 Å². The number of hydrogen-bond donors (Lipinski definition) is 1. The minimum atomic E-state index is 0.163. The topological polar surface area (TPSA) is 20.2 Å². The second kappa shape index (κ2) is 5.34. The van der Waals surface area contributed by atoms with E-state index < -0.39 is 0 Å². The maximum absolute atomic E-state index is 8.95. The molecule has 0 aliphatic heterocycles. The summed E-state index contributed by atoms with van der Waals surface area (Å²) in [5, 5.41) is 8.95. The largest absolute Gasteiger partial charge is 0.392 e. The summed E-state index contributed by atoms with van der Waals surface area (Å²) in [7, 11) is 0. The van der Waals surface area contributed by atoms with Gasteiger partial charge in [-0.1, -0.05) is 42.2 Å². The molecule has 0 spiro atoms. The van der Waals surface area contributed by atoms with E-state index in [2.05, 4.69) is 11.8 Å². The number of aliphatic hydroxyl groups excluding tert-OH is 1. The van der Waals surface area contributed by atoms with E-state index in [-0.39, 0.29) is 6.61 Å². The smallest absolute Gasteiger partial charge is 0.0644 e. The molecule has 0 saturated heterocycles. The summed E-state index contributed by atoms with van der Waals surface area (Å²) in [6.45, 7) is 0.163. The molecule has 0 bridgehead atoms. The van der Waals surface area contributed by atoms with E-state index in [0.717, 1.165) is 29.6 Å². The number of hydrogen-bond acceptors (Lipinski definition) is 1. The molecule has 1 aromatic carbocycles. The Hall–Kier alpha value is -1.78. The fourth-order valence-electron chi connectivity index (χ4n) is 1.59. The molecule has 0 aromatic heterocycles. The zero-order valence-corrected chi connectivity index (χ0v) is 9.11. The predicted octanol–water partition coefficient (Wildman–Crippen LogP) is 2.68. The summed E-state index contributed by atoms with van der Waals surface area (Å²) in [6.07, 6.45) is 5.83. The molecule has 80 valence electrons. The predicted molar refractivity (Wildman–Crippen MR) is 65.8 cm³/mol. The van der Waals surface area contributed by atoms with Gasteiger partial charge in [-0.3, -0.25) is 0 Å². The summed E-state index contributed by atoms with van der Waals surface area (Å²) >= 11 is 0. The first kappa shape index (κ1) is 10.7. The van der Waals surface area contributed by atoms with Crippen molar-refractivity contribution in [3.63, 3.8) is 0 Å². The molecule has 1 aliphatic rings. The van der Waals surface area contributed by atoms with Gasteiger partial charge in [0.2, 0.25) is 0 Å². The zero-order valence-electron chi connectivity index (χ0n) is 9.11. The minimum absolute atomic E-state index is 0.163. The Morgan fingerprint density at radius 1 is 1.00 bits per heavy atom. The van der Waals surface area contributed by atoms with Gasteiger partial charge in [-0.15, -0.1) is 0 Å². The molecule has 16 heavy (non-hydrogen) atoms. The van der Waals surface area contributed by atoms with Crippen molar-refractivity contribution in [1.29, 1.82) is 0 Å². The van der Waals surface area contributed by atoms with Crippen LogP contribution in [0.5, 0.6) is 0 Å². The molecule has 0 fully saturated rings. The van der Waals surface area contributed by atoms with Crippen molar-refractivity contribution in [3.05, 3.63) is 59.2 Å². The van der Waals surface area contributed by atoms with Gasteiger partial charge in [-0.25, -0.2) is 0 Å². The van der Waals surface area contributed by atoms with Crippen LogP contribution < -0.4 is 0 Å². The molecule has 0 atom stereocenters. The molecule has 1 aliphatic carbocycles. The van der Waals surface area contributed by atoms with Crippen molar-refractivity contribution in [2.45, 2.75) is 12.8 Å². The second-order valence-corrected chi connectivity index (χ2v) is 3.79. The Balaban J connectivity index is 2.10. The average Bonchev–Trinajstić information content (AvgIpc) is 2.38. The summed E-state index contributed by atoms with van der Waals surface area (Å²) in [5.74, 6) is 6.30. The third kappa shape index (κ3) is 2.85. The maximum Gasteiger partial charge on any atom is 0.0644 e. The summed E-state index contributed by atoms with van der Waals surface area (Å²) in [6, 6.07) is 9.98. The molecule has 2 rings (SSSR count). The van der Waals surface area contributed by atoms with Crippen LogP contribution in [-0.2, 0) is 0 Å². The number of allylic oxidation sites excluding steroid dienone is 3. The van der Waals surface area contributed by atoms with Crippen LogP contribution in [0.1, 0.15) is 18.4 Å². The van der Waals surface area contributed by atoms with Gasteiger partial charge in [-0.05, 0) is 30.5 Å². The lowest BCUT2D eigenvalue weighted by Crippen LogP contribution is -1.96. The second-order valence-electron chi connectivity index (χ2n) is 3.79. The Labute approximate surface area is 96.1 Å². The minimum Gasteiger partial charge on any atom is -0.392 e. The van der Waals surface area contributed by atoms with Gasteiger partial charge in [0, 0.05) is 11.1 Å². The highest BCUT2D eigenvalue weighted by molar-refractivity contribution is 5.43. The fraction of sp³-hybridized carbons (Fsp3) is 0.200. The summed E-state index contributed by atoms with van der Waals surface area (Å²) in [5.41, 5.74) is 3.27. The van der Waals surface area contributed by atoms with E-state index in [1.807, 2.05) is 42.5 Å². The third-order valence-electron chi connectivity index (χ3n) is 2.58. The molecule has 0 radical (unpaired) electrons. The zero-order chi connectivity index (χ0) is 11.2. The van der Waals surface area contributed by atoms with Crippen LogP contribution >= 0.6 is 0 Å². The van der Waals surface area contributed by atoms with E-state index >= 15 is 0 Å². The third-order valence-corrected chi connectivity index (χ3v) is 2.58. The Kier molecular flexibility index (Phi) is 3.58. The van der Waals surface area contributed by atoms with Gasteiger partial charge in [0.05, 0.1) is 6.61 Å². The molecule has 0 amide bonds. The van der Waals surface area contributed by atoms with E-state index in [0.29, 0.717) is 0 Å². The highest BCUT2D eigenvalue weighted by Gasteiger charge is 2.02. The normalized spacial score (nSPS) is 14.6. The van der Waals surface area contributed by atoms with E-state index in [9.17, 15) is 0 Å². The van der Waals surface area contributed by atoms with Crippen LogP contribution in [0.25, 0.3) is 0 Å². The van der Waals surface area contributed by atoms with Crippen LogP contribution in [0.3, 0.4) is 0 Å². The fourth-order valence-corrected chi connectivity index (χ4v) is 1.59. The molecule has 0 unspecified atom stereocenters. The van der Waals surface area contributed by atoms with Crippen molar-refractivity contribution in [2.75, 3.05) is 6.61 Å². The van der Waals surface area contributed by atoms with Gasteiger partial charge in [0.25, 0.3) is 0 Å². The van der Waals surface area contributed by atoms with Crippen LogP contribution in [-0.4, -0.2) is 11.7 Å². The summed E-state index contributed by atoms with van der Waals surface area (Å²) in [4.78, 5) is 0. The van der Waals surface area contributed by atoms with Gasteiger partial charge >= 0.3 is 0 Å². The monoisotopic (exact) mass is 210 g/mol. The molecule has 1 nitrogen and oxygen atoms in total. The Bertz CT molecular complexity index is 469. The van der Waals surface area contributed by atoms with Crippen molar-refractivity contribution < 1.29 is 5.11 Å². The highest BCUT2D eigenvalue weighted by Crippen LogP contribution is 2.17. The highest BCUT2D eigenvalue weighted by atomic mass is 16.3. The van der Waals surface area contributed by atoms with Crippen molar-refractivity contribution in [2.24, 2.45) is 0 Å². The van der Waals surface area contributed by atoms with Crippen molar-refractivity contribution >= 4 is 0 Å². The molecular weight excluding hydrogens is 196 g/mol. The lowest BCUT2D eigenvalue weighted by atomic mass is 9.99. The number of benzene rings is 1. The molecule has 0 saturated carbocycles. The van der Waals surface area contributed by atoms with Crippen LogP contribution in [0.4, 0.5) is 0 Å². The van der Waals surface area contributed by atoms with Crippen molar-refractivity contribution in [3.8, 4) is 11.8 Å².